The monoisotopic (exact) mass is 1070 g/mol. The van der Waals surface area contributed by atoms with Gasteiger partial charge in [-0.25, -0.2) is 10.2 Å². The second-order valence-corrected chi connectivity index (χ2v) is 14.1. The van der Waals surface area contributed by atoms with Gasteiger partial charge in [0.15, 0.2) is 0 Å². The molecule has 0 spiro atoms. The maximum atomic E-state index is 5.82. The molecule has 0 atom stereocenters. The van der Waals surface area contributed by atoms with Gasteiger partial charge in [0.25, 0.3) is 0 Å². The first-order chi connectivity index (χ1) is 30.6. The molecule has 62 heavy (non-hydrogen) atoms. The summed E-state index contributed by atoms with van der Waals surface area (Å²) in [6, 6.07) is 32.3. The van der Waals surface area contributed by atoms with Gasteiger partial charge in [-0.1, -0.05) is 129 Å². The second-order valence-electron chi connectivity index (χ2n) is 14.1. The quantitative estimate of drug-likeness (QED) is 0.0171. The third-order valence-electron chi connectivity index (χ3n) is 9.02. The Morgan fingerprint density at radius 1 is 0.435 bits per heavy atom. The molecule has 0 fully saturated rings. The number of hydrogen-bond acceptors (Lipinski definition) is 8. The molecule has 0 aliphatic carbocycles. The molecule has 0 N–H and O–H groups in total. The summed E-state index contributed by atoms with van der Waals surface area (Å²) >= 11 is 4.44. The van der Waals surface area contributed by atoms with E-state index in [1.54, 1.807) is 24.3 Å². The van der Waals surface area contributed by atoms with Crippen LogP contribution in [-0.4, -0.2) is 26.4 Å². The van der Waals surface area contributed by atoms with Crippen LogP contribution in [0.3, 0.4) is 0 Å². The molecule has 0 aliphatic rings. The minimum atomic E-state index is 0.463. The van der Waals surface area contributed by atoms with Crippen molar-refractivity contribution in [3.05, 3.63) is 122 Å². The van der Waals surface area contributed by atoms with E-state index in [2.05, 4.69) is 115 Å². The van der Waals surface area contributed by atoms with Gasteiger partial charge in [0.1, 0.15) is 24.7 Å². The molecular formula is C50H66Cl2N4O4Pd2. The standard InChI is InChI=1S/2C25H33N2O2.2ClH.2Pd/c2*1-3-5-6-7-8-9-10-11-21-29-25-18-14-23(15-19-25)27-26-22-12-16-24(17-13-22)28-20-4-2;;;;/h2*4,12-16,18-19H,2-3,5-11,20-21H2,1H3;2*1H;;/q2*-1;;;2*+2/p-2. The van der Waals surface area contributed by atoms with Crippen LogP contribution < -0.4 is 18.9 Å². The third kappa shape index (κ3) is 29.9. The zero-order chi connectivity index (χ0) is 45.1. The van der Waals surface area contributed by atoms with Crippen molar-refractivity contribution in [1.29, 1.82) is 0 Å². The summed E-state index contributed by atoms with van der Waals surface area (Å²) in [5.41, 5.74) is 3.03. The molecule has 0 heterocycles. The van der Waals surface area contributed by atoms with Gasteiger partial charge in [0.2, 0.25) is 0 Å². The fourth-order valence-corrected chi connectivity index (χ4v) is 5.71. The Bertz CT molecular complexity index is 1570. The average molecular weight is 1070 g/mol. The SMILES string of the molecule is C=CCOc1[c-]cc(N=Nc2ccc(OCCCCCCCCCC)cc2)cc1.C=CCOc1[c-]cc(N=Nc2ccc(OCCCCCCCCCC)cc2)cc1.[Cl][Pd+].[Cl][Pd+]. The Morgan fingerprint density at radius 2 is 0.742 bits per heavy atom. The van der Waals surface area contributed by atoms with Crippen molar-refractivity contribution >= 4 is 41.8 Å². The molecule has 4 aromatic rings. The first-order valence-electron chi connectivity index (χ1n) is 21.7. The van der Waals surface area contributed by atoms with E-state index < -0.39 is 0 Å². The summed E-state index contributed by atoms with van der Waals surface area (Å²) < 4.78 is 22.4. The Balaban J connectivity index is 0.000000574. The van der Waals surface area contributed by atoms with Gasteiger partial charge in [-0.3, -0.25) is 0 Å². The van der Waals surface area contributed by atoms with Crippen LogP contribution in [0, 0.1) is 12.1 Å². The first kappa shape index (κ1) is 56.7. The van der Waals surface area contributed by atoms with E-state index in [4.69, 9.17) is 18.9 Å². The Kier molecular flexibility index (Phi) is 38.1. The molecule has 0 bridgehead atoms. The van der Waals surface area contributed by atoms with E-state index in [9.17, 15) is 0 Å². The first-order valence-corrected chi connectivity index (χ1v) is 25.7. The molecule has 0 saturated carbocycles. The van der Waals surface area contributed by atoms with E-state index >= 15 is 0 Å². The minimum absolute atomic E-state index is 0.463. The van der Waals surface area contributed by atoms with Gasteiger partial charge >= 0.3 is 55.4 Å². The summed E-state index contributed by atoms with van der Waals surface area (Å²) in [4.78, 5) is 0. The molecule has 4 aromatic carbocycles. The number of ether oxygens (including phenoxy) is 4. The van der Waals surface area contributed by atoms with Crippen LogP contribution in [-0.2, 0) is 36.4 Å². The van der Waals surface area contributed by atoms with Gasteiger partial charge in [-0.05, 0) is 72.7 Å². The van der Waals surface area contributed by atoms with E-state index in [1.807, 2.05) is 72.8 Å². The van der Waals surface area contributed by atoms with Crippen LogP contribution in [0.25, 0.3) is 0 Å². The summed E-state index contributed by atoms with van der Waals surface area (Å²) in [7, 11) is 8.98. The van der Waals surface area contributed by atoms with Crippen LogP contribution >= 0.6 is 19.1 Å². The van der Waals surface area contributed by atoms with E-state index in [-0.39, 0.29) is 0 Å². The third-order valence-corrected chi connectivity index (χ3v) is 9.02. The van der Waals surface area contributed by atoms with Crippen molar-refractivity contribution in [2.75, 3.05) is 26.4 Å². The molecular weight excluding hydrogens is 1000 g/mol. The molecule has 0 radical (unpaired) electrons. The molecule has 0 amide bonds. The van der Waals surface area contributed by atoms with Gasteiger partial charge in [-0.2, -0.15) is 10.2 Å². The Labute approximate surface area is 403 Å². The van der Waals surface area contributed by atoms with E-state index in [0.717, 1.165) is 60.3 Å². The van der Waals surface area contributed by atoms with Gasteiger partial charge in [-0.15, -0.1) is 48.5 Å². The van der Waals surface area contributed by atoms with Crippen LogP contribution in [0.2, 0.25) is 0 Å². The normalized spacial score (nSPS) is 10.5. The number of halogens is 2. The van der Waals surface area contributed by atoms with Gasteiger partial charge < -0.3 is 18.9 Å². The molecule has 0 aliphatic heterocycles. The molecule has 12 heteroatoms. The molecule has 0 aromatic heterocycles. The number of unbranched alkanes of at least 4 members (excludes halogenated alkanes) is 14. The zero-order valence-electron chi connectivity index (χ0n) is 36.6. The molecule has 0 saturated heterocycles. The van der Waals surface area contributed by atoms with Crippen molar-refractivity contribution in [2.24, 2.45) is 20.5 Å². The van der Waals surface area contributed by atoms with Crippen molar-refractivity contribution in [3.63, 3.8) is 0 Å². The summed E-state index contributed by atoms with van der Waals surface area (Å²) in [5, 5.41) is 17.0. The number of azo groups is 2. The molecule has 8 nitrogen and oxygen atoms in total. The zero-order valence-corrected chi connectivity index (χ0v) is 41.2. The predicted octanol–water partition coefficient (Wildman–Crippen LogP) is 17.3. The van der Waals surface area contributed by atoms with Crippen molar-refractivity contribution < 1.29 is 55.3 Å². The molecule has 4 rings (SSSR count). The maximum absolute atomic E-state index is 5.82. The fourth-order valence-electron chi connectivity index (χ4n) is 5.71. The number of rotatable bonds is 30. The van der Waals surface area contributed by atoms with Crippen LogP contribution in [0.1, 0.15) is 117 Å². The number of nitrogens with zero attached hydrogens (tertiary/aromatic N) is 4. The van der Waals surface area contributed by atoms with Gasteiger partial charge in [0, 0.05) is 11.5 Å². The van der Waals surface area contributed by atoms with Crippen LogP contribution in [0.4, 0.5) is 22.7 Å². The summed E-state index contributed by atoms with van der Waals surface area (Å²) in [5.74, 6) is 3.09. The van der Waals surface area contributed by atoms with Crippen molar-refractivity contribution in [1.82, 2.24) is 0 Å². The second kappa shape index (κ2) is 41.7. The summed E-state index contributed by atoms with van der Waals surface area (Å²) in [6.07, 6.45) is 24.3. The predicted molar refractivity (Wildman–Crippen MR) is 251 cm³/mol. The number of hydrogen-bond donors (Lipinski definition) is 0. The van der Waals surface area contributed by atoms with Crippen LogP contribution in [0.5, 0.6) is 23.0 Å². The Hall–Kier alpha value is -3.34. The van der Waals surface area contributed by atoms with E-state index in [1.165, 1.54) is 89.9 Å². The summed E-state index contributed by atoms with van der Waals surface area (Å²) in [6.45, 7) is 14.2. The number of benzene rings is 4. The van der Waals surface area contributed by atoms with Crippen molar-refractivity contribution in [2.45, 2.75) is 117 Å². The van der Waals surface area contributed by atoms with Gasteiger partial charge in [0.05, 0.1) is 24.6 Å². The fraction of sp³-hybridized carbons (Fsp3) is 0.440. The molecule has 344 valence electrons. The van der Waals surface area contributed by atoms with E-state index in [0.29, 0.717) is 24.7 Å². The topological polar surface area (TPSA) is 86.4 Å². The Morgan fingerprint density at radius 3 is 1.05 bits per heavy atom. The molecule has 0 unspecified atom stereocenters. The van der Waals surface area contributed by atoms with Crippen LogP contribution in [0.15, 0.2) is 131 Å². The van der Waals surface area contributed by atoms with Crippen molar-refractivity contribution in [3.8, 4) is 23.0 Å². The average Bonchev–Trinajstić information content (AvgIpc) is 3.33.